The Labute approximate surface area is 136 Å². The highest BCUT2D eigenvalue weighted by Crippen LogP contribution is 2.17. The maximum absolute atomic E-state index is 13.8. The molecule has 21 heavy (non-hydrogen) atoms. The van der Waals surface area contributed by atoms with Crippen molar-refractivity contribution < 1.29 is 18.7 Å². The quantitative estimate of drug-likeness (QED) is 0.182. The number of rotatable bonds is 6. The Hall–Kier alpha value is -1.51. The van der Waals surface area contributed by atoms with E-state index in [4.69, 9.17) is 4.74 Å². The molecule has 0 saturated heterocycles. The molecule has 0 spiro atoms. The lowest BCUT2D eigenvalue weighted by atomic mass is 9.98. The fraction of sp³-hybridized carbons (Fsp3) is 0.357. The van der Waals surface area contributed by atoms with E-state index in [9.17, 15) is 14.0 Å². The topological polar surface area (TPSA) is 59.0 Å². The molecule has 1 rings (SSSR count). The van der Waals surface area contributed by atoms with Crippen molar-refractivity contribution in [3.63, 3.8) is 0 Å². The molecule has 1 aromatic carbocycles. The maximum Gasteiger partial charge on any atom is 0.322 e. The van der Waals surface area contributed by atoms with Crippen LogP contribution < -0.4 is 0 Å². The van der Waals surface area contributed by atoms with Crippen LogP contribution in [0.3, 0.4) is 0 Å². The molecular weight excluding hydrogens is 390 g/mol. The van der Waals surface area contributed by atoms with Crippen LogP contribution in [-0.4, -0.2) is 43.7 Å². The summed E-state index contributed by atoms with van der Waals surface area (Å²) in [5.74, 6) is -3.35. The first-order chi connectivity index (χ1) is 9.86. The van der Waals surface area contributed by atoms with Gasteiger partial charge < -0.3 is 9.75 Å². The molecule has 7 heteroatoms. The van der Waals surface area contributed by atoms with E-state index in [0.29, 0.717) is 3.57 Å². The monoisotopic (exact) mass is 406 g/mol. The van der Waals surface area contributed by atoms with Crippen molar-refractivity contribution in [1.82, 2.24) is 5.01 Å². The molecule has 0 saturated carbocycles. The van der Waals surface area contributed by atoms with E-state index < -0.39 is 23.5 Å². The Kier molecular flexibility index (Phi) is 6.73. The van der Waals surface area contributed by atoms with E-state index in [0.717, 1.165) is 0 Å². The van der Waals surface area contributed by atoms with Crippen molar-refractivity contribution >= 4 is 40.6 Å². The van der Waals surface area contributed by atoms with Crippen molar-refractivity contribution in [3.8, 4) is 0 Å². The van der Waals surface area contributed by atoms with E-state index in [-0.39, 0.29) is 12.2 Å². The minimum atomic E-state index is -1.26. The van der Waals surface area contributed by atoms with Crippen LogP contribution in [0.5, 0.6) is 0 Å². The van der Waals surface area contributed by atoms with E-state index in [1.165, 1.54) is 23.4 Å². The van der Waals surface area contributed by atoms with Crippen LogP contribution in [0.4, 0.5) is 4.39 Å². The number of hydrogen-bond acceptors (Lipinski definition) is 5. The summed E-state index contributed by atoms with van der Waals surface area (Å²) in [6.45, 7) is 1.77. The number of nitrogens with zero attached hydrogens (tertiary/aromatic N) is 2. The molecule has 0 aliphatic rings. The van der Waals surface area contributed by atoms with Gasteiger partial charge in [0.2, 0.25) is 0 Å². The van der Waals surface area contributed by atoms with Gasteiger partial charge in [-0.3, -0.25) is 9.59 Å². The van der Waals surface area contributed by atoms with Gasteiger partial charge in [-0.25, -0.2) is 4.39 Å². The Bertz CT molecular complexity index is 561. The van der Waals surface area contributed by atoms with Gasteiger partial charge in [-0.1, -0.05) is 0 Å². The SMILES string of the molecule is CCOC(=O)C(C=NN(C)C)C(=O)c1cc(I)ccc1F. The second-order valence-corrected chi connectivity index (χ2v) is 5.58. The number of hydrogen-bond donors (Lipinski definition) is 0. The highest BCUT2D eigenvalue weighted by molar-refractivity contribution is 14.1. The first kappa shape index (κ1) is 17.5. The minimum Gasteiger partial charge on any atom is -0.465 e. The summed E-state index contributed by atoms with van der Waals surface area (Å²) in [5, 5.41) is 5.32. The average Bonchev–Trinajstić information content (AvgIpc) is 2.41. The fourth-order valence-electron chi connectivity index (χ4n) is 1.52. The summed E-state index contributed by atoms with van der Waals surface area (Å²) in [7, 11) is 3.30. The van der Waals surface area contributed by atoms with Gasteiger partial charge in [0, 0.05) is 23.9 Å². The normalized spacial score (nSPS) is 12.2. The van der Waals surface area contributed by atoms with Crippen LogP contribution in [0.15, 0.2) is 23.3 Å². The van der Waals surface area contributed by atoms with E-state index in [1.807, 2.05) is 22.6 Å². The van der Waals surface area contributed by atoms with E-state index >= 15 is 0 Å². The lowest BCUT2D eigenvalue weighted by molar-refractivity contribution is -0.144. The molecule has 0 fully saturated rings. The van der Waals surface area contributed by atoms with Crippen molar-refractivity contribution in [1.29, 1.82) is 0 Å². The smallest absolute Gasteiger partial charge is 0.322 e. The highest BCUT2D eigenvalue weighted by Gasteiger charge is 2.29. The van der Waals surface area contributed by atoms with Gasteiger partial charge in [0.05, 0.1) is 12.2 Å². The highest BCUT2D eigenvalue weighted by atomic mass is 127. The largest absolute Gasteiger partial charge is 0.465 e. The van der Waals surface area contributed by atoms with Crippen LogP contribution in [0.25, 0.3) is 0 Å². The Morgan fingerprint density at radius 1 is 1.48 bits per heavy atom. The maximum atomic E-state index is 13.8. The Balaban J connectivity index is 3.15. The van der Waals surface area contributed by atoms with E-state index in [2.05, 4.69) is 5.10 Å². The van der Waals surface area contributed by atoms with Gasteiger partial charge in [-0.05, 0) is 47.7 Å². The lowest BCUT2D eigenvalue weighted by Gasteiger charge is -2.12. The number of carbonyl (C=O) groups is 2. The molecule has 0 aliphatic carbocycles. The first-order valence-corrected chi connectivity index (χ1v) is 7.32. The molecular formula is C14H16FIN2O3. The van der Waals surface area contributed by atoms with Crippen molar-refractivity contribution in [3.05, 3.63) is 33.1 Å². The van der Waals surface area contributed by atoms with Crippen molar-refractivity contribution in [2.45, 2.75) is 6.92 Å². The Morgan fingerprint density at radius 2 is 2.14 bits per heavy atom. The average molecular weight is 406 g/mol. The van der Waals surface area contributed by atoms with Gasteiger partial charge in [0.15, 0.2) is 11.7 Å². The summed E-state index contributed by atoms with van der Waals surface area (Å²) in [4.78, 5) is 24.3. The molecule has 0 aliphatic heterocycles. The molecule has 0 aromatic heterocycles. The zero-order valence-corrected chi connectivity index (χ0v) is 14.1. The third-order valence-corrected chi connectivity index (χ3v) is 3.13. The lowest BCUT2D eigenvalue weighted by Crippen LogP contribution is -2.29. The number of carbonyl (C=O) groups excluding carboxylic acids is 2. The minimum absolute atomic E-state index is 0.132. The van der Waals surface area contributed by atoms with Crippen LogP contribution in [0.1, 0.15) is 17.3 Å². The van der Waals surface area contributed by atoms with Gasteiger partial charge in [-0.2, -0.15) is 5.10 Å². The van der Waals surface area contributed by atoms with Crippen LogP contribution >= 0.6 is 22.6 Å². The number of Topliss-reactive ketones (excluding diaryl/α,β-unsaturated/α-hetero) is 1. The third-order valence-electron chi connectivity index (χ3n) is 2.46. The molecule has 114 valence electrons. The van der Waals surface area contributed by atoms with Crippen LogP contribution in [-0.2, 0) is 9.53 Å². The van der Waals surface area contributed by atoms with Gasteiger partial charge in [0.1, 0.15) is 5.82 Å². The molecule has 0 N–H and O–H groups in total. The summed E-state index contributed by atoms with van der Waals surface area (Å²) >= 11 is 1.97. The predicted molar refractivity (Wildman–Crippen MR) is 85.7 cm³/mol. The van der Waals surface area contributed by atoms with Gasteiger partial charge in [0.25, 0.3) is 0 Å². The second kappa shape index (κ2) is 8.06. The van der Waals surface area contributed by atoms with Gasteiger partial charge in [-0.15, -0.1) is 0 Å². The molecule has 1 atom stereocenters. The Morgan fingerprint density at radius 3 is 2.71 bits per heavy atom. The molecule has 0 heterocycles. The second-order valence-electron chi connectivity index (χ2n) is 4.33. The fourth-order valence-corrected chi connectivity index (χ4v) is 2.01. The van der Waals surface area contributed by atoms with E-state index in [1.54, 1.807) is 27.1 Å². The van der Waals surface area contributed by atoms with Gasteiger partial charge >= 0.3 is 5.97 Å². The number of benzene rings is 1. The predicted octanol–water partition coefficient (Wildman–Crippen LogP) is 2.34. The first-order valence-electron chi connectivity index (χ1n) is 6.24. The third kappa shape index (κ3) is 5.07. The number of halogens is 2. The molecule has 0 bridgehead atoms. The summed E-state index contributed by atoms with van der Waals surface area (Å²) in [6.07, 6.45) is 1.17. The molecule has 0 amide bonds. The number of esters is 1. The molecule has 1 unspecified atom stereocenters. The summed E-state index contributed by atoms with van der Waals surface area (Å²) in [6, 6.07) is 4.13. The zero-order chi connectivity index (χ0) is 16.0. The van der Waals surface area contributed by atoms with Crippen molar-refractivity contribution in [2.24, 2.45) is 11.0 Å². The summed E-state index contributed by atoms with van der Waals surface area (Å²) < 4.78 is 19.4. The van der Waals surface area contributed by atoms with Crippen LogP contribution in [0, 0.1) is 15.3 Å². The number of ketones is 1. The standard InChI is InChI=1S/C14H16FIN2O3/c1-4-21-14(20)11(8-17-18(2)3)13(19)10-7-9(16)5-6-12(10)15/h5-8,11H,4H2,1-3H3. The molecule has 0 radical (unpaired) electrons. The summed E-state index contributed by atoms with van der Waals surface area (Å²) in [5.41, 5.74) is -0.148. The van der Waals surface area contributed by atoms with Crippen molar-refractivity contribution in [2.75, 3.05) is 20.7 Å². The number of ether oxygens (including phenoxy) is 1. The van der Waals surface area contributed by atoms with Crippen LogP contribution in [0.2, 0.25) is 0 Å². The molecule has 1 aromatic rings. The zero-order valence-electron chi connectivity index (χ0n) is 12.0. The number of hydrazone groups is 1. The molecule has 5 nitrogen and oxygen atoms in total.